The van der Waals surface area contributed by atoms with Gasteiger partial charge in [-0.25, -0.2) is 14.1 Å². The van der Waals surface area contributed by atoms with Crippen LogP contribution in [0.15, 0.2) is 54.9 Å². The van der Waals surface area contributed by atoms with Crippen molar-refractivity contribution >= 4 is 16.9 Å². The highest BCUT2D eigenvalue weighted by atomic mass is 19.1. The van der Waals surface area contributed by atoms with Gasteiger partial charge in [-0.05, 0) is 36.8 Å². The fraction of sp³-hybridized carbons (Fsp3) is 0.158. The second-order valence-electron chi connectivity index (χ2n) is 6.14. The summed E-state index contributed by atoms with van der Waals surface area (Å²) in [5, 5.41) is 10.8. The van der Waals surface area contributed by atoms with Crippen LogP contribution < -0.4 is 5.32 Å². The van der Waals surface area contributed by atoms with Crippen LogP contribution in [-0.4, -0.2) is 30.5 Å². The summed E-state index contributed by atoms with van der Waals surface area (Å²) < 4.78 is 17.6. The molecule has 136 valence electrons. The number of rotatable bonds is 5. The van der Waals surface area contributed by atoms with Crippen molar-refractivity contribution in [1.82, 2.24) is 29.9 Å². The highest BCUT2D eigenvalue weighted by Gasteiger charge is 2.10. The van der Waals surface area contributed by atoms with Crippen LogP contribution in [0.4, 0.5) is 4.39 Å². The number of hydrogen-bond donors (Lipinski definition) is 1. The third-order valence-electron chi connectivity index (χ3n) is 4.30. The van der Waals surface area contributed by atoms with Crippen molar-refractivity contribution in [2.75, 3.05) is 0 Å². The molecule has 2 aromatic carbocycles. The molecule has 0 aliphatic rings. The fourth-order valence-corrected chi connectivity index (χ4v) is 2.91. The molecule has 0 saturated carbocycles. The maximum absolute atomic E-state index is 14.4. The molecule has 1 N–H and O–H groups in total. The summed E-state index contributed by atoms with van der Waals surface area (Å²) in [6.45, 7) is 2.09. The lowest BCUT2D eigenvalue weighted by molar-refractivity contribution is -0.121. The van der Waals surface area contributed by atoms with Crippen molar-refractivity contribution in [3.8, 4) is 5.69 Å². The Morgan fingerprint density at radius 2 is 2.07 bits per heavy atom. The number of halogens is 1. The molecule has 2 heterocycles. The van der Waals surface area contributed by atoms with E-state index in [0.29, 0.717) is 17.1 Å². The van der Waals surface area contributed by atoms with Gasteiger partial charge in [0, 0.05) is 18.9 Å². The van der Waals surface area contributed by atoms with Gasteiger partial charge in [0.15, 0.2) is 0 Å². The number of carbonyl (C=O) groups excluding carboxylic acids is 1. The summed E-state index contributed by atoms with van der Waals surface area (Å²) in [5.74, 6) is 0.112. The molecule has 0 atom stereocenters. The summed E-state index contributed by atoms with van der Waals surface area (Å²) in [4.78, 5) is 16.3. The molecule has 0 radical (unpaired) electrons. The Bertz CT molecular complexity index is 1120. The number of nitrogens with one attached hydrogen (secondary N) is 1. The van der Waals surface area contributed by atoms with Gasteiger partial charge in [-0.15, -0.1) is 5.10 Å². The molecule has 0 bridgehead atoms. The monoisotopic (exact) mass is 364 g/mol. The van der Waals surface area contributed by atoms with Gasteiger partial charge in [0.25, 0.3) is 0 Å². The number of benzene rings is 2. The average Bonchev–Trinajstić information content (AvgIpc) is 3.27. The minimum absolute atomic E-state index is 0.0509. The molecular weight excluding hydrogens is 347 g/mol. The van der Waals surface area contributed by atoms with E-state index in [9.17, 15) is 9.18 Å². The second-order valence-corrected chi connectivity index (χ2v) is 6.14. The quantitative estimate of drug-likeness (QED) is 0.590. The number of fused-ring (bicyclic) bond motifs is 1. The number of aryl methyl sites for hydroxylation is 1. The van der Waals surface area contributed by atoms with Gasteiger partial charge in [-0.1, -0.05) is 23.4 Å². The summed E-state index contributed by atoms with van der Waals surface area (Å²) >= 11 is 0. The van der Waals surface area contributed by atoms with E-state index >= 15 is 0 Å². The zero-order valence-electron chi connectivity index (χ0n) is 14.6. The lowest BCUT2D eigenvalue weighted by atomic mass is 10.2. The van der Waals surface area contributed by atoms with Crippen molar-refractivity contribution in [3.63, 3.8) is 0 Å². The van der Waals surface area contributed by atoms with Crippen molar-refractivity contribution in [2.45, 2.75) is 20.0 Å². The molecule has 0 fully saturated rings. The zero-order valence-corrected chi connectivity index (χ0v) is 14.6. The Morgan fingerprint density at radius 1 is 1.22 bits per heavy atom. The Balaban J connectivity index is 1.42. The molecule has 0 unspecified atom stereocenters. The van der Waals surface area contributed by atoms with Crippen molar-refractivity contribution < 1.29 is 9.18 Å². The van der Waals surface area contributed by atoms with Crippen LogP contribution in [0.25, 0.3) is 16.7 Å². The molecule has 2 aromatic heterocycles. The summed E-state index contributed by atoms with van der Waals surface area (Å²) in [6.07, 6.45) is 3.33. The average molecular weight is 364 g/mol. The third kappa shape index (κ3) is 3.41. The van der Waals surface area contributed by atoms with Gasteiger partial charge in [-0.2, -0.15) is 0 Å². The Labute approximate surface area is 154 Å². The van der Waals surface area contributed by atoms with Gasteiger partial charge < -0.3 is 9.88 Å². The van der Waals surface area contributed by atoms with Crippen molar-refractivity contribution in [1.29, 1.82) is 0 Å². The first kappa shape index (κ1) is 16.9. The van der Waals surface area contributed by atoms with Crippen LogP contribution in [0.3, 0.4) is 0 Å². The van der Waals surface area contributed by atoms with Gasteiger partial charge in [-0.3, -0.25) is 4.79 Å². The predicted molar refractivity (Wildman–Crippen MR) is 97.6 cm³/mol. The topological polar surface area (TPSA) is 77.6 Å². The summed E-state index contributed by atoms with van der Waals surface area (Å²) in [5.41, 5.74) is 2.62. The first-order chi connectivity index (χ1) is 13.1. The number of aromatic nitrogens is 5. The number of carbonyl (C=O) groups is 1. The van der Waals surface area contributed by atoms with E-state index in [-0.39, 0.29) is 24.8 Å². The molecule has 1 amide bonds. The van der Waals surface area contributed by atoms with E-state index in [4.69, 9.17) is 0 Å². The van der Waals surface area contributed by atoms with Gasteiger partial charge in [0.05, 0.1) is 11.2 Å². The number of amides is 1. The lowest BCUT2D eigenvalue weighted by Gasteiger charge is -2.10. The smallest absolute Gasteiger partial charge is 0.242 e. The molecular formula is C19H17FN6O. The molecule has 27 heavy (non-hydrogen) atoms. The fourth-order valence-electron chi connectivity index (χ4n) is 2.91. The molecule has 7 nitrogen and oxygen atoms in total. The molecule has 4 aromatic rings. The number of hydrogen-bond acceptors (Lipinski definition) is 4. The maximum atomic E-state index is 14.4. The van der Waals surface area contributed by atoms with Crippen LogP contribution in [0.1, 0.15) is 11.4 Å². The minimum Gasteiger partial charge on any atom is -0.350 e. The third-order valence-corrected chi connectivity index (χ3v) is 4.30. The van der Waals surface area contributed by atoms with Crippen LogP contribution in [-0.2, 0) is 17.9 Å². The normalized spacial score (nSPS) is 11.0. The molecule has 0 aliphatic carbocycles. The number of para-hydroxylation sites is 1. The van der Waals surface area contributed by atoms with Crippen LogP contribution in [0.5, 0.6) is 0 Å². The van der Waals surface area contributed by atoms with Crippen LogP contribution in [0.2, 0.25) is 0 Å². The minimum atomic E-state index is -0.370. The molecule has 0 aliphatic heterocycles. The lowest BCUT2D eigenvalue weighted by Crippen LogP contribution is -2.27. The first-order valence-electron chi connectivity index (χ1n) is 8.45. The van der Waals surface area contributed by atoms with Crippen molar-refractivity contribution in [2.24, 2.45) is 0 Å². The Morgan fingerprint density at radius 3 is 2.85 bits per heavy atom. The largest absolute Gasteiger partial charge is 0.350 e. The van der Waals surface area contributed by atoms with E-state index < -0.39 is 0 Å². The van der Waals surface area contributed by atoms with E-state index in [0.717, 1.165) is 11.0 Å². The molecule has 0 spiro atoms. The van der Waals surface area contributed by atoms with Crippen LogP contribution >= 0.6 is 0 Å². The molecule has 8 heteroatoms. The van der Waals surface area contributed by atoms with Gasteiger partial charge in [0.1, 0.15) is 23.7 Å². The highest BCUT2D eigenvalue weighted by molar-refractivity contribution is 5.79. The first-order valence-corrected chi connectivity index (χ1v) is 8.45. The van der Waals surface area contributed by atoms with E-state index in [2.05, 4.69) is 20.6 Å². The van der Waals surface area contributed by atoms with E-state index in [1.54, 1.807) is 36.0 Å². The van der Waals surface area contributed by atoms with Gasteiger partial charge >= 0.3 is 0 Å². The molecule has 4 rings (SSSR count). The second kappa shape index (κ2) is 6.99. The standard InChI is InChI=1S/C19H17FN6O/c1-13-21-8-9-25(13)17-7-6-14(10-15(17)20)11-22-19(27)12-26-18-5-3-2-4-16(18)23-24-26/h2-10H,11-12H2,1H3,(H,22,27). The summed E-state index contributed by atoms with van der Waals surface area (Å²) in [6, 6.07) is 12.3. The van der Waals surface area contributed by atoms with E-state index in [1.807, 2.05) is 24.3 Å². The van der Waals surface area contributed by atoms with E-state index in [1.165, 1.54) is 10.7 Å². The number of nitrogens with zero attached hydrogens (tertiary/aromatic N) is 5. The number of imidazole rings is 1. The molecule has 0 saturated heterocycles. The summed E-state index contributed by atoms with van der Waals surface area (Å²) in [7, 11) is 0. The zero-order chi connectivity index (χ0) is 18.8. The predicted octanol–water partition coefficient (Wildman–Crippen LogP) is 2.38. The maximum Gasteiger partial charge on any atom is 0.242 e. The van der Waals surface area contributed by atoms with Crippen LogP contribution in [0, 0.1) is 12.7 Å². The van der Waals surface area contributed by atoms with Gasteiger partial charge in [0.2, 0.25) is 5.91 Å². The Hall–Kier alpha value is -3.55. The highest BCUT2D eigenvalue weighted by Crippen LogP contribution is 2.17. The Kier molecular flexibility index (Phi) is 4.37. The SMILES string of the molecule is Cc1nccn1-c1ccc(CNC(=O)Cn2nnc3ccccc32)cc1F. The van der Waals surface area contributed by atoms with Crippen molar-refractivity contribution in [3.05, 3.63) is 72.1 Å².